The molecule has 1 aromatic heterocycles. The molecular weight excluding hydrogens is 528 g/mol. The van der Waals surface area contributed by atoms with Crippen LogP contribution >= 0.6 is 11.6 Å². The van der Waals surface area contributed by atoms with E-state index in [9.17, 15) is 18.0 Å². The predicted molar refractivity (Wildman–Crippen MR) is 135 cm³/mol. The summed E-state index contributed by atoms with van der Waals surface area (Å²) in [6, 6.07) is 7.25. The molecule has 38 heavy (non-hydrogen) atoms. The lowest BCUT2D eigenvalue weighted by Crippen LogP contribution is -2.43. The molecule has 0 aliphatic carbocycles. The fourth-order valence-corrected chi connectivity index (χ4v) is 3.95. The third-order valence-electron chi connectivity index (χ3n) is 5.70. The van der Waals surface area contributed by atoms with Crippen molar-refractivity contribution in [2.45, 2.75) is 0 Å². The molecule has 2 heterocycles. The molecule has 4 aromatic rings. The van der Waals surface area contributed by atoms with E-state index in [-0.39, 0.29) is 16.5 Å². The van der Waals surface area contributed by atoms with Gasteiger partial charge in [-0.2, -0.15) is 4.39 Å². The zero-order chi connectivity index (χ0) is 26.8. The number of halogens is 5. The first-order chi connectivity index (χ1) is 18.3. The minimum Gasteiger partial charge on any atom is -0.451 e. The third-order valence-corrected chi connectivity index (χ3v) is 6.01. The van der Waals surface area contributed by atoms with E-state index in [1.54, 1.807) is 12.3 Å². The van der Waals surface area contributed by atoms with Gasteiger partial charge in [0.05, 0.1) is 27.9 Å². The normalized spacial score (nSPS) is 13.4. The topological polar surface area (TPSA) is 91.4 Å². The first kappa shape index (κ1) is 25.5. The maximum Gasteiger partial charge on any atom is 0.323 e. The van der Waals surface area contributed by atoms with E-state index in [2.05, 4.69) is 25.9 Å². The molecule has 0 radical (unpaired) electrons. The van der Waals surface area contributed by atoms with Gasteiger partial charge in [-0.05, 0) is 30.3 Å². The van der Waals surface area contributed by atoms with Crippen LogP contribution in [0, 0.1) is 23.3 Å². The van der Waals surface area contributed by atoms with Crippen LogP contribution in [0.4, 0.5) is 39.5 Å². The number of anilines is 3. The highest BCUT2D eigenvalue weighted by atomic mass is 35.5. The maximum absolute atomic E-state index is 15.1. The Balaban J connectivity index is 1.38. The van der Waals surface area contributed by atoms with Crippen LogP contribution in [0.25, 0.3) is 11.0 Å². The monoisotopic (exact) mass is 546 g/mol. The van der Waals surface area contributed by atoms with Crippen molar-refractivity contribution in [2.24, 2.45) is 0 Å². The highest BCUT2D eigenvalue weighted by molar-refractivity contribution is 6.30. The van der Waals surface area contributed by atoms with Crippen molar-refractivity contribution in [1.29, 1.82) is 0 Å². The SMILES string of the molecule is O=C(Nc1ccc(Cl)c(F)c1)Nc1cc(F)c(F)c(Oc2ccc3ncc(N4CCNCC4)nc3c2)c1F. The molecule has 0 saturated carbocycles. The molecule has 1 aliphatic rings. The van der Waals surface area contributed by atoms with E-state index in [0.29, 0.717) is 22.9 Å². The molecule has 2 amide bonds. The summed E-state index contributed by atoms with van der Waals surface area (Å²) in [6.07, 6.45) is 1.64. The number of nitrogens with one attached hydrogen (secondary N) is 3. The molecule has 0 atom stereocenters. The lowest BCUT2D eigenvalue weighted by molar-refractivity contribution is 0.262. The van der Waals surface area contributed by atoms with Crippen LogP contribution in [0.1, 0.15) is 0 Å². The predicted octanol–water partition coefficient (Wildman–Crippen LogP) is 5.69. The number of carbonyl (C=O) groups is 1. The van der Waals surface area contributed by atoms with Gasteiger partial charge in [0.2, 0.25) is 11.6 Å². The summed E-state index contributed by atoms with van der Waals surface area (Å²) >= 11 is 5.60. The molecule has 196 valence electrons. The second-order valence-electron chi connectivity index (χ2n) is 8.29. The number of hydrogen-bond acceptors (Lipinski definition) is 6. The zero-order valence-electron chi connectivity index (χ0n) is 19.5. The van der Waals surface area contributed by atoms with Gasteiger partial charge in [0.1, 0.15) is 17.4 Å². The molecule has 1 fully saturated rings. The average Bonchev–Trinajstić information content (AvgIpc) is 2.92. The molecule has 1 aliphatic heterocycles. The number of fused-ring (bicyclic) bond motifs is 1. The molecule has 3 N–H and O–H groups in total. The summed E-state index contributed by atoms with van der Waals surface area (Å²) in [6.45, 7) is 3.08. The van der Waals surface area contributed by atoms with Gasteiger partial charge in [0.25, 0.3) is 0 Å². The standard InChI is InChI=1S/C25H19ClF4N6O2/c26-15-3-1-13(9-16(15)27)33-25(37)35-20-11-17(28)22(29)24(23(20)30)38-14-2-4-18-19(10-14)34-21(12-32-18)36-7-5-31-6-8-36/h1-4,9-12,31H,5-8H2,(H2,33,35,37). The number of benzene rings is 3. The Hall–Kier alpha value is -4.16. The highest BCUT2D eigenvalue weighted by Crippen LogP contribution is 2.35. The number of carbonyl (C=O) groups excluding carboxylic acids is 1. The number of hydrogen-bond donors (Lipinski definition) is 3. The Bertz CT molecular complexity index is 1530. The van der Waals surface area contributed by atoms with Crippen LogP contribution in [-0.2, 0) is 0 Å². The van der Waals surface area contributed by atoms with Crippen LogP contribution in [-0.4, -0.2) is 42.2 Å². The number of nitrogens with zero attached hydrogens (tertiary/aromatic N) is 3. The number of amides is 2. The average molecular weight is 547 g/mol. The van der Waals surface area contributed by atoms with Crippen LogP contribution < -0.4 is 25.6 Å². The Morgan fingerprint density at radius 3 is 2.50 bits per heavy atom. The number of ether oxygens (including phenoxy) is 1. The molecule has 5 rings (SSSR count). The quantitative estimate of drug-likeness (QED) is 0.220. The molecule has 13 heteroatoms. The molecular formula is C25H19ClF4N6O2. The summed E-state index contributed by atoms with van der Waals surface area (Å²) in [5, 5.41) is 7.39. The summed E-state index contributed by atoms with van der Waals surface area (Å²) in [7, 11) is 0. The smallest absolute Gasteiger partial charge is 0.323 e. The van der Waals surface area contributed by atoms with E-state index < -0.39 is 40.7 Å². The Labute approximate surface area is 218 Å². The summed E-state index contributed by atoms with van der Waals surface area (Å²) in [5.74, 6) is -5.66. The van der Waals surface area contributed by atoms with Crippen molar-refractivity contribution in [1.82, 2.24) is 15.3 Å². The van der Waals surface area contributed by atoms with Crippen LogP contribution in [0.2, 0.25) is 5.02 Å². The van der Waals surface area contributed by atoms with Crippen LogP contribution in [0.5, 0.6) is 11.5 Å². The van der Waals surface area contributed by atoms with Crippen molar-refractivity contribution >= 4 is 45.9 Å². The van der Waals surface area contributed by atoms with Crippen molar-refractivity contribution < 1.29 is 27.1 Å². The van der Waals surface area contributed by atoms with Crippen LogP contribution in [0.15, 0.2) is 48.7 Å². The van der Waals surface area contributed by atoms with Gasteiger partial charge in [-0.1, -0.05) is 11.6 Å². The van der Waals surface area contributed by atoms with Gasteiger partial charge in [0, 0.05) is 44.0 Å². The lowest BCUT2D eigenvalue weighted by Gasteiger charge is -2.28. The second-order valence-corrected chi connectivity index (χ2v) is 8.70. The molecule has 0 bridgehead atoms. The molecule has 0 unspecified atom stereocenters. The Morgan fingerprint density at radius 1 is 0.947 bits per heavy atom. The van der Waals surface area contributed by atoms with E-state index in [4.69, 9.17) is 16.3 Å². The number of aromatic nitrogens is 2. The van der Waals surface area contributed by atoms with E-state index in [0.717, 1.165) is 32.2 Å². The first-order valence-electron chi connectivity index (χ1n) is 11.4. The molecule has 3 aromatic carbocycles. The summed E-state index contributed by atoms with van der Waals surface area (Å²) < 4.78 is 63.0. The minimum absolute atomic E-state index is 0.00123. The Kier molecular flexibility index (Phi) is 7.16. The van der Waals surface area contributed by atoms with Gasteiger partial charge in [0.15, 0.2) is 11.6 Å². The van der Waals surface area contributed by atoms with Crippen molar-refractivity contribution in [2.75, 3.05) is 41.7 Å². The van der Waals surface area contributed by atoms with Crippen LogP contribution in [0.3, 0.4) is 0 Å². The van der Waals surface area contributed by atoms with Crippen molar-refractivity contribution in [3.8, 4) is 11.5 Å². The number of piperazine rings is 1. The van der Waals surface area contributed by atoms with Gasteiger partial charge >= 0.3 is 6.03 Å². The third kappa shape index (κ3) is 5.41. The van der Waals surface area contributed by atoms with Gasteiger partial charge < -0.3 is 25.6 Å². The molecule has 0 spiro atoms. The summed E-state index contributed by atoms with van der Waals surface area (Å²) in [4.78, 5) is 23.3. The number of urea groups is 1. The fraction of sp³-hybridized carbons (Fsp3) is 0.160. The van der Waals surface area contributed by atoms with Gasteiger partial charge in [-0.15, -0.1) is 0 Å². The largest absolute Gasteiger partial charge is 0.451 e. The first-order valence-corrected chi connectivity index (χ1v) is 11.8. The van der Waals surface area contributed by atoms with Crippen molar-refractivity contribution in [3.05, 3.63) is 77.0 Å². The maximum atomic E-state index is 15.1. The van der Waals surface area contributed by atoms with E-state index in [1.807, 2.05) is 4.90 Å². The number of rotatable bonds is 5. The molecule has 8 nitrogen and oxygen atoms in total. The zero-order valence-corrected chi connectivity index (χ0v) is 20.3. The van der Waals surface area contributed by atoms with Gasteiger partial charge in [-0.25, -0.2) is 22.9 Å². The highest BCUT2D eigenvalue weighted by Gasteiger charge is 2.23. The summed E-state index contributed by atoms with van der Waals surface area (Å²) in [5.41, 5.74) is 0.228. The van der Waals surface area contributed by atoms with E-state index >= 15 is 4.39 Å². The van der Waals surface area contributed by atoms with Crippen molar-refractivity contribution in [3.63, 3.8) is 0 Å². The minimum atomic E-state index is -1.59. The van der Waals surface area contributed by atoms with E-state index in [1.165, 1.54) is 24.3 Å². The second kappa shape index (κ2) is 10.7. The van der Waals surface area contributed by atoms with Gasteiger partial charge in [-0.3, -0.25) is 4.98 Å². The fourth-order valence-electron chi connectivity index (χ4n) is 3.83. The molecule has 1 saturated heterocycles. The lowest BCUT2D eigenvalue weighted by atomic mass is 10.2. The Morgan fingerprint density at radius 2 is 1.74 bits per heavy atom.